The molecule has 2 saturated carbocycles. The standard InChI is InChI=1S/C17H25FN2O/c1-2-12-5-3-4-6-15(12)21-17-16(18)13(9-10-19-17)11-20-14-7-8-14/h9-10,12,14-15,20H,2-8,11H2,1H3. The van der Waals surface area contributed by atoms with Crippen molar-refractivity contribution in [2.75, 3.05) is 0 Å². The van der Waals surface area contributed by atoms with E-state index < -0.39 is 0 Å². The molecule has 0 bridgehead atoms. The highest BCUT2D eigenvalue weighted by atomic mass is 19.1. The Bertz CT molecular complexity index is 476. The van der Waals surface area contributed by atoms with Crippen molar-refractivity contribution in [3.63, 3.8) is 0 Å². The van der Waals surface area contributed by atoms with Crippen molar-refractivity contribution in [1.82, 2.24) is 10.3 Å². The van der Waals surface area contributed by atoms with E-state index in [9.17, 15) is 4.39 Å². The van der Waals surface area contributed by atoms with Gasteiger partial charge in [0.2, 0.25) is 0 Å². The molecular formula is C17H25FN2O. The van der Waals surface area contributed by atoms with Gasteiger partial charge in [0, 0.05) is 24.3 Å². The summed E-state index contributed by atoms with van der Waals surface area (Å²) in [5.74, 6) is 0.440. The van der Waals surface area contributed by atoms with Crippen LogP contribution in [0.4, 0.5) is 4.39 Å². The molecule has 2 aliphatic rings. The van der Waals surface area contributed by atoms with Crippen molar-refractivity contribution in [3.8, 4) is 5.88 Å². The number of halogens is 1. The zero-order valence-electron chi connectivity index (χ0n) is 12.8. The Morgan fingerprint density at radius 2 is 2.10 bits per heavy atom. The van der Waals surface area contributed by atoms with E-state index in [0.29, 0.717) is 24.1 Å². The summed E-state index contributed by atoms with van der Waals surface area (Å²) in [5.41, 5.74) is 0.663. The van der Waals surface area contributed by atoms with E-state index in [2.05, 4.69) is 17.2 Å². The number of aromatic nitrogens is 1. The van der Waals surface area contributed by atoms with Gasteiger partial charge in [-0.2, -0.15) is 0 Å². The molecule has 2 unspecified atom stereocenters. The number of ether oxygens (including phenoxy) is 1. The lowest BCUT2D eigenvalue weighted by molar-refractivity contribution is 0.0812. The Morgan fingerprint density at radius 3 is 2.86 bits per heavy atom. The number of nitrogens with one attached hydrogen (secondary N) is 1. The fourth-order valence-corrected chi connectivity index (χ4v) is 3.16. The summed E-state index contributed by atoms with van der Waals surface area (Å²) in [6.45, 7) is 2.75. The molecule has 0 spiro atoms. The number of rotatable bonds is 6. The number of hydrogen-bond donors (Lipinski definition) is 1. The van der Waals surface area contributed by atoms with Crippen LogP contribution in [0, 0.1) is 11.7 Å². The highest BCUT2D eigenvalue weighted by Crippen LogP contribution is 2.31. The van der Waals surface area contributed by atoms with Crippen molar-refractivity contribution >= 4 is 0 Å². The van der Waals surface area contributed by atoms with Crippen molar-refractivity contribution in [2.24, 2.45) is 5.92 Å². The minimum atomic E-state index is -0.286. The molecule has 0 saturated heterocycles. The summed E-state index contributed by atoms with van der Waals surface area (Å²) >= 11 is 0. The van der Waals surface area contributed by atoms with Gasteiger partial charge in [-0.05, 0) is 50.5 Å². The summed E-state index contributed by atoms with van der Waals surface area (Å²) in [5, 5.41) is 3.34. The molecule has 21 heavy (non-hydrogen) atoms. The molecule has 2 aliphatic carbocycles. The predicted molar refractivity (Wildman–Crippen MR) is 80.7 cm³/mol. The average molecular weight is 292 g/mol. The highest BCUT2D eigenvalue weighted by Gasteiger charge is 2.27. The Morgan fingerprint density at radius 1 is 1.29 bits per heavy atom. The van der Waals surface area contributed by atoms with E-state index in [1.807, 2.05) is 0 Å². The van der Waals surface area contributed by atoms with Crippen LogP contribution in [0.3, 0.4) is 0 Å². The minimum absolute atomic E-state index is 0.123. The van der Waals surface area contributed by atoms with Gasteiger partial charge in [-0.1, -0.05) is 13.3 Å². The molecule has 1 N–H and O–H groups in total. The molecular weight excluding hydrogens is 267 g/mol. The largest absolute Gasteiger partial charge is 0.472 e. The topological polar surface area (TPSA) is 34.1 Å². The second kappa shape index (κ2) is 6.73. The fraction of sp³-hybridized carbons (Fsp3) is 0.706. The van der Waals surface area contributed by atoms with Gasteiger partial charge in [-0.25, -0.2) is 9.37 Å². The third-order valence-electron chi connectivity index (χ3n) is 4.72. The van der Waals surface area contributed by atoms with Gasteiger partial charge in [-0.15, -0.1) is 0 Å². The van der Waals surface area contributed by atoms with Gasteiger partial charge in [0.1, 0.15) is 6.10 Å². The fourth-order valence-electron chi connectivity index (χ4n) is 3.16. The average Bonchev–Trinajstić information content (AvgIpc) is 3.33. The van der Waals surface area contributed by atoms with E-state index in [-0.39, 0.29) is 17.8 Å². The Kier molecular flexibility index (Phi) is 4.73. The third kappa shape index (κ3) is 3.73. The Labute approximate surface area is 126 Å². The van der Waals surface area contributed by atoms with Crippen LogP contribution in [0.5, 0.6) is 5.88 Å². The lowest BCUT2D eigenvalue weighted by Gasteiger charge is -2.30. The van der Waals surface area contributed by atoms with Crippen LogP contribution in [-0.4, -0.2) is 17.1 Å². The first-order valence-electron chi connectivity index (χ1n) is 8.31. The molecule has 4 heteroatoms. The van der Waals surface area contributed by atoms with Crippen LogP contribution in [-0.2, 0) is 6.54 Å². The Balaban J connectivity index is 1.67. The summed E-state index contributed by atoms with van der Waals surface area (Å²) < 4.78 is 20.4. The van der Waals surface area contributed by atoms with E-state index in [1.54, 1.807) is 12.3 Å². The molecule has 2 fully saturated rings. The number of hydrogen-bond acceptors (Lipinski definition) is 3. The van der Waals surface area contributed by atoms with Crippen LogP contribution in [0.25, 0.3) is 0 Å². The van der Waals surface area contributed by atoms with Crippen molar-refractivity contribution in [3.05, 3.63) is 23.6 Å². The number of pyridine rings is 1. The molecule has 2 atom stereocenters. The first kappa shape index (κ1) is 14.8. The minimum Gasteiger partial charge on any atom is -0.472 e. The predicted octanol–water partition coefficient (Wildman–Crippen LogP) is 3.82. The van der Waals surface area contributed by atoms with Crippen LogP contribution in [0.2, 0.25) is 0 Å². The van der Waals surface area contributed by atoms with Crippen molar-refractivity contribution < 1.29 is 9.13 Å². The maximum atomic E-state index is 14.5. The van der Waals surface area contributed by atoms with Crippen molar-refractivity contribution in [2.45, 2.75) is 70.6 Å². The van der Waals surface area contributed by atoms with Gasteiger partial charge >= 0.3 is 0 Å². The van der Waals surface area contributed by atoms with E-state index in [0.717, 1.165) is 12.8 Å². The molecule has 3 nitrogen and oxygen atoms in total. The Hall–Kier alpha value is -1.16. The van der Waals surface area contributed by atoms with Crippen LogP contribution >= 0.6 is 0 Å². The molecule has 3 rings (SSSR count). The summed E-state index contributed by atoms with van der Waals surface area (Å²) in [7, 11) is 0. The van der Waals surface area contributed by atoms with Gasteiger partial charge in [0.05, 0.1) is 0 Å². The van der Waals surface area contributed by atoms with Gasteiger partial charge < -0.3 is 10.1 Å². The summed E-state index contributed by atoms with van der Waals surface area (Å²) in [6, 6.07) is 2.32. The van der Waals surface area contributed by atoms with Crippen LogP contribution < -0.4 is 10.1 Å². The van der Waals surface area contributed by atoms with E-state index in [4.69, 9.17) is 4.74 Å². The molecule has 0 aromatic carbocycles. The molecule has 0 radical (unpaired) electrons. The molecule has 0 aliphatic heterocycles. The maximum Gasteiger partial charge on any atom is 0.250 e. The van der Waals surface area contributed by atoms with E-state index >= 15 is 0 Å². The van der Waals surface area contributed by atoms with Gasteiger partial charge in [-0.3, -0.25) is 0 Å². The molecule has 116 valence electrons. The summed E-state index contributed by atoms with van der Waals surface area (Å²) in [6.07, 6.45) is 9.92. The maximum absolute atomic E-state index is 14.5. The summed E-state index contributed by atoms with van der Waals surface area (Å²) in [4.78, 5) is 4.12. The number of nitrogens with zero attached hydrogens (tertiary/aromatic N) is 1. The highest BCUT2D eigenvalue weighted by molar-refractivity contribution is 5.24. The molecule has 1 aromatic heterocycles. The SMILES string of the molecule is CCC1CCCCC1Oc1nccc(CNC2CC2)c1F. The second-order valence-corrected chi connectivity index (χ2v) is 6.35. The normalized spacial score (nSPS) is 25.8. The smallest absolute Gasteiger partial charge is 0.250 e. The lowest BCUT2D eigenvalue weighted by atomic mass is 9.85. The lowest BCUT2D eigenvalue weighted by Crippen LogP contribution is -2.30. The first-order chi connectivity index (χ1) is 10.3. The molecule has 0 amide bonds. The third-order valence-corrected chi connectivity index (χ3v) is 4.72. The quantitative estimate of drug-likeness (QED) is 0.865. The van der Waals surface area contributed by atoms with Crippen molar-refractivity contribution in [1.29, 1.82) is 0 Å². The zero-order chi connectivity index (χ0) is 14.7. The first-order valence-corrected chi connectivity index (χ1v) is 8.31. The second-order valence-electron chi connectivity index (χ2n) is 6.35. The monoisotopic (exact) mass is 292 g/mol. The zero-order valence-corrected chi connectivity index (χ0v) is 12.8. The van der Waals surface area contributed by atoms with Gasteiger partial charge in [0.25, 0.3) is 5.88 Å². The van der Waals surface area contributed by atoms with E-state index in [1.165, 1.54) is 32.1 Å². The molecule has 1 heterocycles. The van der Waals surface area contributed by atoms with Crippen LogP contribution in [0.1, 0.15) is 57.4 Å². The van der Waals surface area contributed by atoms with Gasteiger partial charge in [0.15, 0.2) is 5.82 Å². The van der Waals surface area contributed by atoms with Crippen LogP contribution in [0.15, 0.2) is 12.3 Å². The molecule has 1 aromatic rings.